The molecule has 3 amide bonds. The van der Waals surface area contributed by atoms with Gasteiger partial charge in [-0.2, -0.15) is 0 Å². The summed E-state index contributed by atoms with van der Waals surface area (Å²) in [4.78, 5) is 51.7. The Hall–Kier alpha value is -4.83. The van der Waals surface area contributed by atoms with Gasteiger partial charge in [0.1, 0.15) is 22.2 Å². The minimum Gasteiger partial charge on any atom is -0.497 e. The molecule has 0 spiro atoms. The third kappa shape index (κ3) is 5.92. The first-order valence-corrected chi connectivity index (χ1v) is 12.5. The van der Waals surface area contributed by atoms with Crippen molar-refractivity contribution in [3.05, 3.63) is 88.6 Å². The van der Waals surface area contributed by atoms with Crippen LogP contribution in [0.15, 0.2) is 77.5 Å². The van der Waals surface area contributed by atoms with E-state index < -0.39 is 17.8 Å². The highest BCUT2D eigenvalue weighted by molar-refractivity contribution is 6.53. The number of hydrogen-bond acceptors (Lipinski definition) is 8. The Kier molecular flexibility index (Phi) is 8.40. The van der Waals surface area contributed by atoms with E-state index in [0.29, 0.717) is 28.3 Å². The molecular weight excluding hydrogens is 538 g/mol. The van der Waals surface area contributed by atoms with Gasteiger partial charge >= 0.3 is 5.97 Å². The third-order valence-corrected chi connectivity index (χ3v) is 6.14. The van der Waals surface area contributed by atoms with E-state index in [0.717, 1.165) is 4.90 Å². The van der Waals surface area contributed by atoms with Gasteiger partial charge in [-0.3, -0.25) is 14.4 Å². The second kappa shape index (κ2) is 11.9. The summed E-state index contributed by atoms with van der Waals surface area (Å²) < 4.78 is 15.7. The van der Waals surface area contributed by atoms with Crippen LogP contribution in [0.1, 0.15) is 34.6 Å². The average Bonchev–Trinajstić information content (AvgIpc) is 3.15. The number of carbonyl (C=O) groups excluding carboxylic acids is 4. The Morgan fingerprint density at radius 1 is 0.825 bits per heavy atom. The summed E-state index contributed by atoms with van der Waals surface area (Å²) in [6.07, 6.45) is -0.237. The lowest BCUT2D eigenvalue weighted by atomic mass is 10.1. The largest absolute Gasteiger partial charge is 0.497 e. The van der Waals surface area contributed by atoms with E-state index in [1.165, 1.54) is 20.3 Å². The molecule has 1 heterocycles. The minimum atomic E-state index is -0.722. The van der Waals surface area contributed by atoms with Crippen molar-refractivity contribution < 1.29 is 33.4 Å². The zero-order valence-electron chi connectivity index (χ0n) is 22.1. The van der Waals surface area contributed by atoms with E-state index in [1.54, 1.807) is 74.5 Å². The first-order chi connectivity index (χ1) is 19.1. The van der Waals surface area contributed by atoms with Gasteiger partial charge in [0.25, 0.3) is 17.7 Å². The van der Waals surface area contributed by atoms with E-state index >= 15 is 0 Å². The van der Waals surface area contributed by atoms with Gasteiger partial charge < -0.3 is 24.8 Å². The normalized spacial score (nSPS) is 13.0. The molecule has 1 aliphatic rings. The lowest BCUT2D eigenvalue weighted by Crippen LogP contribution is -2.32. The van der Waals surface area contributed by atoms with Gasteiger partial charge in [-0.05, 0) is 74.5 Å². The number of ether oxygens (including phenoxy) is 3. The number of imide groups is 1. The predicted octanol–water partition coefficient (Wildman–Crippen LogP) is 4.96. The van der Waals surface area contributed by atoms with Gasteiger partial charge in [0, 0.05) is 23.0 Å². The maximum absolute atomic E-state index is 13.2. The molecule has 206 valence electrons. The van der Waals surface area contributed by atoms with Gasteiger partial charge in [0.05, 0.1) is 31.6 Å². The quantitative estimate of drug-likeness (QED) is 0.277. The van der Waals surface area contributed by atoms with Gasteiger partial charge in [-0.15, -0.1) is 0 Å². The zero-order chi connectivity index (χ0) is 29.0. The molecule has 10 nitrogen and oxygen atoms in total. The van der Waals surface area contributed by atoms with Crippen molar-refractivity contribution in [1.29, 1.82) is 0 Å². The van der Waals surface area contributed by atoms with Gasteiger partial charge in [-0.25, -0.2) is 9.69 Å². The van der Waals surface area contributed by atoms with Gasteiger partial charge in [0.2, 0.25) is 0 Å². The van der Waals surface area contributed by atoms with Gasteiger partial charge in [-0.1, -0.05) is 11.6 Å². The Bertz CT molecular complexity index is 1500. The Balaban J connectivity index is 1.44. The number of esters is 1. The Morgan fingerprint density at radius 3 is 2.05 bits per heavy atom. The second-order valence-electron chi connectivity index (χ2n) is 8.86. The predicted molar refractivity (Wildman–Crippen MR) is 150 cm³/mol. The molecule has 0 saturated heterocycles. The van der Waals surface area contributed by atoms with Crippen LogP contribution in [0.3, 0.4) is 0 Å². The number of anilines is 3. The van der Waals surface area contributed by atoms with E-state index in [9.17, 15) is 19.2 Å². The number of nitrogens with one attached hydrogen (secondary N) is 2. The van der Waals surface area contributed by atoms with Crippen LogP contribution >= 0.6 is 11.6 Å². The second-order valence-corrected chi connectivity index (χ2v) is 9.24. The van der Waals surface area contributed by atoms with E-state index in [4.69, 9.17) is 25.8 Å². The number of amides is 3. The van der Waals surface area contributed by atoms with Gasteiger partial charge in [0.15, 0.2) is 0 Å². The fraction of sp³-hybridized carbons (Fsp3) is 0.172. The number of carbonyl (C=O) groups is 4. The number of nitrogens with zero attached hydrogens (tertiary/aromatic N) is 1. The van der Waals surface area contributed by atoms with Crippen molar-refractivity contribution in [2.24, 2.45) is 0 Å². The summed E-state index contributed by atoms with van der Waals surface area (Å²) in [5.41, 5.74) is 1.70. The fourth-order valence-electron chi connectivity index (χ4n) is 3.83. The van der Waals surface area contributed by atoms with E-state index in [-0.39, 0.29) is 34.2 Å². The van der Waals surface area contributed by atoms with Crippen LogP contribution in [0.2, 0.25) is 0 Å². The standard InChI is InChI=1S/C29H26ClN3O7/c1-16(2)40-29(37)18-7-11-20(12-8-18)32-26(34)17-5-9-19(10-6-17)31-25-24(30)27(35)33(28(25)36)22-15-21(38-3)13-14-23(22)39-4/h5-16,31H,1-4H3,(H,32,34). The van der Waals surface area contributed by atoms with Crippen molar-refractivity contribution in [2.75, 3.05) is 29.8 Å². The molecule has 2 N–H and O–H groups in total. The molecule has 0 fully saturated rings. The molecule has 0 aliphatic carbocycles. The molecule has 3 aromatic rings. The van der Waals surface area contributed by atoms with Crippen LogP contribution in [0, 0.1) is 0 Å². The number of hydrogen-bond donors (Lipinski definition) is 2. The van der Waals surface area contributed by atoms with Crippen molar-refractivity contribution in [2.45, 2.75) is 20.0 Å². The maximum Gasteiger partial charge on any atom is 0.338 e. The van der Waals surface area contributed by atoms with Crippen LogP contribution in [-0.2, 0) is 14.3 Å². The fourth-order valence-corrected chi connectivity index (χ4v) is 4.04. The van der Waals surface area contributed by atoms with Crippen LogP contribution in [0.4, 0.5) is 17.1 Å². The smallest absolute Gasteiger partial charge is 0.338 e. The van der Waals surface area contributed by atoms with E-state index in [1.807, 2.05) is 0 Å². The summed E-state index contributed by atoms with van der Waals surface area (Å²) >= 11 is 6.25. The molecule has 0 saturated carbocycles. The zero-order valence-corrected chi connectivity index (χ0v) is 22.9. The molecular formula is C29H26ClN3O7. The number of benzene rings is 3. The lowest BCUT2D eigenvalue weighted by Gasteiger charge is -2.19. The van der Waals surface area contributed by atoms with E-state index in [2.05, 4.69) is 10.6 Å². The molecule has 0 radical (unpaired) electrons. The number of methoxy groups -OCH3 is 2. The molecule has 1 aliphatic heterocycles. The molecule has 4 rings (SSSR count). The van der Waals surface area contributed by atoms with Crippen LogP contribution in [0.5, 0.6) is 11.5 Å². The Morgan fingerprint density at radius 2 is 1.45 bits per heavy atom. The highest BCUT2D eigenvalue weighted by Gasteiger charge is 2.40. The summed E-state index contributed by atoms with van der Waals surface area (Å²) in [5.74, 6) is -1.52. The summed E-state index contributed by atoms with van der Waals surface area (Å²) in [6.45, 7) is 3.52. The lowest BCUT2D eigenvalue weighted by molar-refractivity contribution is -0.120. The minimum absolute atomic E-state index is 0.121. The number of halogens is 1. The van der Waals surface area contributed by atoms with Crippen molar-refractivity contribution in [1.82, 2.24) is 0 Å². The van der Waals surface area contributed by atoms with Crippen molar-refractivity contribution >= 4 is 52.4 Å². The molecule has 11 heteroatoms. The molecule has 0 unspecified atom stereocenters. The molecule has 0 aromatic heterocycles. The molecule has 3 aromatic carbocycles. The molecule has 40 heavy (non-hydrogen) atoms. The monoisotopic (exact) mass is 563 g/mol. The summed E-state index contributed by atoms with van der Waals surface area (Å²) in [5, 5.41) is 5.33. The highest BCUT2D eigenvalue weighted by Crippen LogP contribution is 2.38. The first kappa shape index (κ1) is 28.2. The molecule has 0 bridgehead atoms. The Labute approximate surface area is 235 Å². The number of rotatable bonds is 9. The SMILES string of the molecule is COc1ccc(OC)c(N2C(=O)C(Cl)=C(Nc3ccc(C(=O)Nc4ccc(C(=O)OC(C)C)cc4)cc3)C2=O)c1. The van der Waals surface area contributed by atoms with Crippen molar-refractivity contribution in [3.8, 4) is 11.5 Å². The maximum atomic E-state index is 13.2. The first-order valence-electron chi connectivity index (χ1n) is 12.1. The van der Waals surface area contributed by atoms with Crippen LogP contribution in [0.25, 0.3) is 0 Å². The molecule has 0 atom stereocenters. The van der Waals surface area contributed by atoms with Crippen molar-refractivity contribution in [3.63, 3.8) is 0 Å². The summed E-state index contributed by atoms with van der Waals surface area (Å²) in [6, 6.07) is 17.3. The van der Waals surface area contributed by atoms with Crippen LogP contribution < -0.4 is 25.0 Å². The topological polar surface area (TPSA) is 123 Å². The van der Waals surface area contributed by atoms with Crippen LogP contribution in [-0.4, -0.2) is 44.0 Å². The summed E-state index contributed by atoms with van der Waals surface area (Å²) in [7, 11) is 2.88. The average molecular weight is 564 g/mol. The highest BCUT2D eigenvalue weighted by atomic mass is 35.5. The third-order valence-electron chi connectivity index (χ3n) is 5.79.